The Labute approximate surface area is 155 Å². The van der Waals surface area contributed by atoms with Crippen LogP contribution in [0.1, 0.15) is 36.7 Å². The van der Waals surface area contributed by atoms with Crippen LogP contribution < -0.4 is 10.1 Å². The number of hydrogen-bond donors (Lipinski definition) is 1. The largest absolute Gasteiger partial charge is 0.497 e. The maximum Gasteiger partial charge on any atom is 0.256 e. The van der Waals surface area contributed by atoms with Gasteiger partial charge in [-0.2, -0.15) is 0 Å². The summed E-state index contributed by atoms with van der Waals surface area (Å²) in [6.45, 7) is 6.71. The fourth-order valence-corrected chi connectivity index (χ4v) is 2.70. The summed E-state index contributed by atoms with van der Waals surface area (Å²) in [6, 6.07) is 14.8. The molecule has 0 saturated carbocycles. The average Bonchev–Trinajstić information content (AvgIpc) is 2.66. The zero-order valence-corrected chi connectivity index (χ0v) is 15.7. The van der Waals surface area contributed by atoms with E-state index >= 15 is 0 Å². The highest BCUT2D eigenvalue weighted by Crippen LogP contribution is 2.23. The van der Waals surface area contributed by atoms with Gasteiger partial charge in [0.2, 0.25) is 6.41 Å². The van der Waals surface area contributed by atoms with E-state index in [1.807, 2.05) is 36.1 Å². The molecular formula is C21H26N2O3. The number of nitrogens with one attached hydrogen (secondary N) is 1. The van der Waals surface area contributed by atoms with Gasteiger partial charge in [-0.15, -0.1) is 0 Å². The third kappa shape index (κ3) is 4.63. The van der Waals surface area contributed by atoms with Gasteiger partial charge in [0.05, 0.1) is 18.4 Å². The molecule has 0 aliphatic carbocycles. The fraction of sp³-hybridized carbons (Fsp3) is 0.333. The van der Waals surface area contributed by atoms with Crippen molar-refractivity contribution in [3.8, 4) is 5.75 Å². The number of carbonyl (C=O) groups excluding carboxylic acids is 2. The molecule has 0 aliphatic heterocycles. The van der Waals surface area contributed by atoms with E-state index in [4.69, 9.17) is 4.74 Å². The van der Waals surface area contributed by atoms with Gasteiger partial charge in [0.25, 0.3) is 5.91 Å². The molecule has 138 valence electrons. The number of rotatable bonds is 8. The van der Waals surface area contributed by atoms with Crippen molar-refractivity contribution in [1.82, 2.24) is 4.90 Å². The van der Waals surface area contributed by atoms with Crippen molar-refractivity contribution in [2.45, 2.75) is 33.4 Å². The van der Waals surface area contributed by atoms with Crippen LogP contribution in [0.5, 0.6) is 5.75 Å². The monoisotopic (exact) mass is 354 g/mol. The fourth-order valence-electron chi connectivity index (χ4n) is 2.70. The van der Waals surface area contributed by atoms with E-state index in [1.54, 1.807) is 31.4 Å². The predicted octanol–water partition coefficient (Wildman–Crippen LogP) is 3.95. The average molecular weight is 354 g/mol. The molecule has 0 saturated heterocycles. The summed E-state index contributed by atoms with van der Waals surface area (Å²) in [4.78, 5) is 26.0. The highest BCUT2D eigenvalue weighted by Gasteiger charge is 2.25. The molecule has 1 atom stereocenters. The molecule has 0 fully saturated rings. The lowest BCUT2D eigenvalue weighted by Crippen LogP contribution is -2.41. The van der Waals surface area contributed by atoms with E-state index in [0.29, 0.717) is 30.1 Å². The summed E-state index contributed by atoms with van der Waals surface area (Å²) in [5.74, 6) is 0.972. The Morgan fingerprint density at radius 3 is 2.35 bits per heavy atom. The third-order valence-corrected chi connectivity index (χ3v) is 4.60. The first kappa shape index (κ1) is 19.5. The van der Waals surface area contributed by atoms with Crippen molar-refractivity contribution in [2.24, 2.45) is 5.92 Å². The minimum Gasteiger partial charge on any atom is -0.497 e. The lowest BCUT2D eigenvalue weighted by molar-refractivity contribution is -0.105. The Morgan fingerprint density at radius 2 is 1.77 bits per heavy atom. The van der Waals surface area contributed by atoms with Crippen molar-refractivity contribution in [1.29, 1.82) is 0 Å². The number of hydrogen-bond acceptors (Lipinski definition) is 3. The molecule has 2 amide bonds. The summed E-state index contributed by atoms with van der Waals surface area (Å²) in [5, 5.41) is 2.61. The molecule has 0 spiro atoms. The maximum absolute atomic E-state index is 13.3. The van der Waals surface area contributed by atoms with Crippen LogP contribution in [0.25, 0.3) is 0 Å². The van der Waals surface area contributed by atoms with Crippen molar-refractivity contribution < 1.29 is 14.3 Å². The second-order valence-corrected chi connectivity index (χ2v) is 6.57. The lowest BCUT2D eigenvalue weighted by Gasteiger charge is -2.32. The van der Waals surface area contributed by atoms with Gasteiger partial charge in [-0.05, 0) is 42.7 Å². The van der Waals surface area contributed by atoms with Crippen LogP contribution in [0, 0.1) is 5.92 Å². The van der Waals surface area contributed by atoms with Gasteiger partial charge >= 0.3 is 0 Å². The Kier molecular flexibility index (Phi) is 6.78. The molecule has 0 radical (unpaired) electrons. The highest BCUT2D eigenvalue weighted by atomic mass is 16.5. The van der Waals surface area contributed by atoms with Crippen LogP contribution in [0.4, 0.5) is 5.69 Å². The van der Waals surface area contributed by atoms with Gasteiger partial charge < -0.3 is 15.0 Å². The molecule has 0 aliphatic rings. The van der Waals surface area contributed by atoms with E-state index in [9.17, 15) is 9.59 Å². The molecule has 2 aromatic carbocycles. The van der Waals surface area contributed by atoms with Crippen LogP contribution in [-0.2, 0) is 11.3 Å². The normalized spacial score (nSPS) is 11.7. The van der Waals surface area contributed by atoms with Gasteiger partial charge in [0, 0.05) is 12.6 Å². The number of ether oxygens (including phenoxy) is 1. The maximum atomic E-state index is 13.3. The summed E-state index contributed by atoms with van der Waals surface area (Å²) in [5.41, 5.74) is 2.02. The second-order valence-electron chi connectivity index (χ2n) is 6.57. The van der Waals surface area contributed by atoms with E-state index < -0.39 is 0 Å². The van der Waals surface area contributed by atoms with E-state index in [0.717, 1.165) is 11.3 Å². The molecule has 26 heavy (non-hydrogen) atoms. The van der Waals surface area contributed by atoms with Crippen molar-refractivity contribution in [3.05, 3.63) is 59.7 Å². The summed E-state index contributed by atoms with van der Waals surface area (Å²) in [6.07, 6.45) is 0.589. The molecule has 5 nitrogen and oxygen atoms in total. The first-order chi connectivity index (χ1) is 12.5. The topological polar surface area (TPSA) is 58.6 Å². The molecular weight excluding hydrogens is 328 g/mol. The van der Waals surface area contributed by atoms with Crippen molar-refractivity contribution in [2.75, 3.05) is 12.4 Å². The first-order valence-electron chi connectivity index (χ1n) is 8.71. The van der Waals surface area contributed by atoms with Crippen LogP contribution in [0.3, 0.4) is 0 Å². The Morgan fingerprint density at radius 1 is 1.12 bits per heavy atom. The van der Waals surface area contributed by atoms with Crippen molar-refractivity contribution >= 4 is 18.0 Å². The van der Waals surface area contributed by atoms with Crippen LogP contribution in [0.2, 0.25) is 0 Å². The molecule has 0 bridgehead atoms. The van der Waals surface area contributed by atoms with Crippen LogP contribution >= 0.6 is 0 Å². The van der Waals surface area contributed by atoms with Gasteiger partial charge in [-0.3, -0.25) is 9.59 Å². The highest BCUT2D eigenvalue weighted by molar-refractivity contribution is 6.01. The van der Waals surface area contributed by atoms with Gasteiger partial charge in [-0.1, -0.05) is 38.1 Å². The smallest absolute Gasteiger partial charge is 0.256 e. The van der Waals surface area contributed by atoms with Gasteiger partial charge in [-0.25, -0.2) is 0 Å². The SMILES string of the molecule is COc1ccc(CN(C(=O)c2ccccc2NC=O)C(C)C(C)C)cc1. The Hall–Kier alpha value is -2.82. The number of anilines is 1. The summed E-state index contributed by atoms with van der Waals surface area (Å²) in [7, 11) is 1.63. The number of para-hydroxylation sites is 1. The van der Waals surface area contributed by atoms with Gasteiger partial charge in [0.15, 0.2) is 0 Å². The van der Waals surface area contributed by atoms with E-state index in [1.165, 1.54) is 0 Å². The summed E-state index contributed by atoms with van der Waals surface area (Å²) < 4.78 is 5.20. The molecule has 2 aromatic rings. The lowest BCUT2D eigenvalue weighted by atomic mass is 10.0. The molecule has 0 heterocycles. The number of methoxy groups -OCH3 is 1. The number of nitrogens with zero attached hydrogens (tertiary/aromatic N) is 1. The molecule has 5 heteroatoms. The van der Waals surface area contributed by atoms with Crippen molar-refractivity contribution in [3.63, 3.8) is 0 Å². The minimum atomic E-state index is -0.105. The molecule has 0 aromatic heterocycles. The number of amides is 2. The number of benzene rings is 2. The predicted molar refractivity (Wildman–Crippen MR) is 103 cm³/mol. The van der Waals surface area contributed by atoms with E-state index in [2.05, 4.69) is 19.2 Å². The second kappa shape index (κ2) is 9.04. The van der Waals surface area contributed by atoms with Crippen LogP contribution in [0.15, 0.2) is 48.5 Å². The molecule has 2 rings (SSSR count). The molecule has 1 unspecified atom stereocenters. The zero-order chi connectivity index (χ0) is 19.1. The number of carbonyl (C=O) groups is 2. The third-order valence-electron chi connectivity index (χ3n) is 4.60. The van der Waals surface area contributed by atoms with E-state index in [-0.39, 0.29) is 11.9 Å². The quantitative estimate of drug-likeness (QED) is 0.730. The van der Waals surface area contributed by atoms with Crippen LogP contribution in [-0.4, -0.2) is 30.4 Å². The Balaban J connectivity index is 2.34. The summed E-state index contributed by atoms with van der Waals surface area (Å²) >= 11 is 0. The zero-order valence-electron chi connectivity index (χ0n) is 15.7. The van der Waals surface area contributed by atoms with Gasteiger partial charge in [0.1, 0.15) is 5.75 Å². The molecule has 1 N–H and O–H groups in total. The minimum absolute atomic E-state index is 0.0360. The Bertz CT molecular complexity index is 741. The first-order valence-corrected chi connectivity index (χ1v) is 8.71. The standard InChI is InChI=1S/C21H26N2O3/c1-15(2)16(3)23(13-17-9-11-18(26-4)12-10-17)21(25)19-7-5-6-8-20(19)22-14-24/h5-12,14-16H,13H2,1-4H3,(H,22,24).